The van der Waals surface area contributed by atoms with Crippen molar-refractivity contribution in [2.75, 3.05) is 4.90 Å². The maximum Gasteiger partial charge on any atom is 0.227 e. The lowest BCUT2D eigenvalue weighted by molar-refractivity contribution is 0.619. The van der Waals surface area contributed by atoms with E-state index in [-0.39, 0.29) is 0 Å². The van der Waals surface area contributed by atoms with E-state index in [1.165, 1.54) is 0 Å². The van der Waals surface area contributed by atoms with Gasteiger partial charge in [0, 0.05) is 50.7 Å². The number of hydrogen-bond donors (Lipinski definition) is 0. The molecule has 0 bridgehead atoms. The number of rotatable bonds is 6. The van der Waals surface area contributed by atoms with Crippen molar-refractivity contribution in [3.05, 3.63) is 164 Å². The Kier molecular flexibility index (Phi) is 6.90. The average molecular weight is 714 g/mol. The third-order valence-corrected chi connectivity index (χ3v) is 10.8. The lowest BCUT2D eigenvalue weighted by atomic mass is 10.0. The van der Waals surface area contributed by atoms with Crippen molar-refractivity contribution in [2.24, 2.45) is 0 Å². The first-order valence-electron chi connectivity index (χ1n) is 17.6. The molecule has 7 nitrogen and oxygen atoms in total. The molecule has 5 aromatic heterocycles. The number of benzene rings is 6. The van der Waals surface area contributed by atoms with Gasteiger partial charge in [-0.05, 0) is 126 Å². The first-order valence-corrected chi connectivity index (χ1v) is 18.4. The van der Waals surface area contributed by atoms with E-state index in [9.17, 15) is 0 Å². The van der Waals surface area contributed by atoms with Crippen LogP contribution >= 0.6 is 11.3 Å². The molecule has 6 aromatic carbocycles. The zero-order chi connectivity index (χ0) is 35.6. The second-order valence-electron chi connectivity index (χ2n) is 13.2. The van der Waals surface area contributed by atoms with Crippen LogP contribution in [0.5, 0.6) is 0 Å². The Morgan fingerprint density at radius 3 is 1.69 bits per heavy atom. The molecule has 0 spiro atoms. The summed E-state index contributed by atoms with van der Waals surface area (Å²) in [5, 5.41) is 4.54. The summed E-state index contributed by atoms with van der Waals surface area (Å²) in [5.41, 5.74) is 10.1. The van der Waals surface area contributed by atoms with Gasteiger partial charge >= 0.3 is 0 Å². The molecule has 54 heavy (non-hydrogen) atoms. The molecule has 0 N–H and O–H groups in total. The van der Waals surface area contributed by atoms with E-state index in [1.54, 1.807) is 11.3 Å². The summed E-state index contributed by atoms with van der Waals surface area (Å²) in [6.07, 6.45) is 1.83. The molecule has 0 saturated heterocycles. The van der Waals surface area contributed by atoms with Crippen molar-refractivity contribution in [2.45, 2.75) is 0 Å². The average Bonchev–Trinajstić information content (AvgIpc) is 3.96. The molecule has 0 fully saturated rings. The van der Waals surface area contributed by atoms with Gasteiger partial charge < -0.3 is 13.7 Å². The molecular weight excluding hydrogens is 687 g/mol. The summed E-state index contributed by atoms with van der Waals surface area (Å²) in [7, 11) is 0. The third-order valence-electron chi connectivity index (χ3n) is 9.83. The van der Waals surface area contributed by atoms with Crippen molar-refractivity contribution in [1.29, 1.82) is 0 Å². The number of oxazole rings is 2. The Morgan fingerprint density at radius 1 is 0.444 bits per heavy atom. The van der Waals surface area contributed by atoms with Gasteiger partial charge in [0.2, 0.25) is 11.8 Å². The summed E-state index contributed by atoms with van der Waals surface area (Å²) in [4.78, 5) is 23.3. The topological polar surface area (TPSA) is 81.1 Å². The zero-order valence-electron chi connectivity index (χ0n) is 28.5. The Hall–Kier alpha value is -7.16. The van der Waals surface area contributed by atoms with Gasteiger partial charge in [-0.15, -0.1) is 0 Å². The molecule has 8 heteroatoms. The van der Waals surface area contributed by atoms with E-state index in [1.807, 2.05) is 60.8 Å². The Morgan fingerprint density at radius 2 is 1.02 bits per heavy atom. The second-order valence-corrected chi connectivity index (χ2v) is 14.1. The van der Waals surface area contributed by atoms with E-state index in [4.69, 9.17) is 23.8 Å². The van der Waals surface area contributed by atoms with Gasteiger partial charge in [-0.2, -0.15) is 0 Å². The van der Waals surface area contributed by atoms with Gasteiger partial charge in [0.05, 0.1) is 5.69 Å². The molecule has 0 unspecified atom stereocenters. The van der Waals surface area contributed by atoms with Crippen LogP contribution in [0, 0.1) is 0 Å². The van der Waals surface area contributed by atoms with Crippen molar-refractivity contribution in [3.63, 3.8) is 0 Å². The first-order chi connectivity index (χ1) is 26.7. The molecule has 5 heterocycles. The lowest BCUT2D eigenvalue weighted by Gasteiger charge is -2.26. The van der Waals surface area contributed by atoms with Gasteiger partial charge in [-0.3, -0.25) is 0 Å². The van der Waals surface area contributed by atoms with Gasteiger partial charge in [-0.25, -0.2) is 19.9 Å². The first kappa shape index (κ1) is 30.5. The van der Waals surface area contributed by atoms with Crippen molar-refractivity contribution in [1.82, 2.24) is 19.9 Å². The zero-order valence-corrected chi connectivity index (χ0v) is 29.4. The van der Waals surface area contributed by atoms with Crippen LogP contribution in [0.25, 0.3) is 87.6 Å². The Bertz CT molecular complexity index is 3000. The molecule has 11 rings (SSSR count). The highest BCUT2D eigenvalue weighted by Crippen LogP contribution is 2.39. The molecule has 11 aromatic rings. The normalized spacial score (nSPS) is 11.7. The van der Waals surface area contributed by atoms with Crippen LogP contribution in [-0.2, 0) is 0 Å². The second kappa shape index (κ2) is 12.2. The molecule has 0 aliphatic heterocycles. The Labute approximate surface area is 312 Å². The number of aromatic nitrogens is 4. The van der Waals surface area contributed by atoms with Crippen molar-refractivity contribution >= 4 is 81.8 Å². The van der Waals surface area contributed by atoms with Crippen molar-refractivity contribution < 1.29 is 8.83 Å². The van der Waals surface area contributed by atoms with Crippen LogP contribution in [0.2, 0.25) is 0 Å². The molecule has 0 amide bonds. The standard InChI is InChI=1S/C46H27N5O2S/c1-3-9-41-39(7-1)48-43(52-41)28-13-18-33(19-14-28)51(34-20-15-29(16-21-34)44-49-40-8-2-4-10-42(40)53-44)35-22-17-30-26-32(12-11-31(30)27-35)38-24-23-37-36-6-5-25-47-45(36)54-46(37)50-38/h1-27H. The summed E-state index contributed by atoms with van der Waals surface area (Å²) < 4.78 is 12.2. The number of thiophene rings is 1. The fraction of sp³-hybridized carbons (Fsp3) is 0. The van der Waals surface area contributed by atoms with Gasteiger partial charge in [0.15, 0.2) is 11.2 Å². The highest BCUT2D eigenvalue weighted by molar-refractivity contribution is 7.25. The Balaban J connectivity index is 0.972. The highest BCUT2D eigenvalue weighted by Gasteiger charge is 2.17. The number of anilines is 3. The maximum absolute atomic E-state index is 6.08. The van der Waals surface area contributed by atoms with Crippen LogP contribution in [0.1, 0.15) is 0 Å². The van der Waals surface area contributed by atoms with Gasteiger partial charge in [-0.1, -0.05) is 53.8 Å². The summed E-state index contributed by atoms with van der Waals surface area (Å²) >= 11 is 1.63. The van der Waals surface area contributed by atoms with E-state index < -0.39 is 0 Å². The summed E-state index contributed by atoms with van der Waals surface area (Å²) in [6.45, 7) is 0. The predicted molar refractivity (Wildman–Crippen MR) is 219 cm³/mol. The molecule has 0 saturated carbocycles. The number of para-hydroxylation sites is 4. The fourth-order valence-corrected chi connectivity index (χ4v) is 8.15. The molecule has 0 atom stereocenters. The molecule has 0 radical (unpaired) electrons. The van der Waals surface area contributed by atoms with Crippen molar-refractivity contribution in [3.8, 4) is 34.2 Å². The number of fused-ring (bicyclic) bond motifs is 6. The van der Waals surface area contributed by atoms with E-state index >= 15 is 0 Å². The van der Waals surface area contributed by atoms with Gasteiger partial charge in [0.25, 0.3) is 0 Å². The number of hydrogen-bond acceptors (Lipinski definition) is 8. The molecular formula is C46H27N5O2S. The smallest absolute Gasteiger partial charge is 0.227 e. The van der Waals surface area contributed by atoms with E-state index in [0.717, 1.165) is 92.9 Å². The number of nitrogens with zero attached hydrogens (tertiary/aromatic N) is 5. The molecule has 0 aliphatic rings. The van der Waals surface area contributed by atoms with Gasteiger partial charge in [0.1, 0.15) is 20.7 Å². The summed E-state index contributed by atoms with van der Waals surface area (Å²) in [5.74, 6) is 1.19. The summed E-state index contributed by atoms with van der Waals surface area (Å²) in [6, 6.07) is 53.8. The molecule has 254 valence electrons. The predicted octanol–water partition coefficient (Wildman–Crippen LogP) is 12.8. The minimum Gasteiger partial charge on any atom is -0.436 e. The largest absolute Gasteiger partial charge is 0.436 e. The van der Waals surface area contributed by atoms with E-state index in [0.29, 0.717) is 11.8 Å². The van der Waals surface area contributed by atoms with Crippen LogP contribution in [0.4, 0.5) is 17.1 Å². The van der Waals surface area contributed by atoms with Crippen LogP contribution in [0.3, 0.4) is 0 Å². The molecule has 0 aliphatic carbocycles. The monoisotopic (exact) mass is 713 g/mol. The number of pyridine rings is 2. The lowest BCUT2D eigenvalue weighted by Crippen LogP contribution is -2.09. The van der Waals surface area contributed by atoms with Crippen LogP contribution in [0.15, 0.2) is 173 Å². The highest BCUT2D eigenvalue weighted by atomic mass is 32.1. The third kappa shape index (κ3) is 5.19. The van der Waals surface area contributed by atoms with Crippen LogP contribution < -0.4 is 4.90 Å². The van der Waals surface area contributed by atoms with E-state index in [2.05, 4.69) is 113 Å². The fourth-order valence-electron chi connectivity index (χ4n) is 7.13. The maximum atomic E-state index is 6.08. The minimum atomic E-state index is 0.594. The van der Waals surface area contributed by atoms with Crippen LogP contribution in [-0.4, -0.2) is 19.9 Å². The minimum absolute atomic E-state index is 0.594. The quantitative estimate of drug-likeness (QED) is 0.170. The SMILES string of the molecule is c1ccc2oc(-c3ccc(N(c4ccc(-c5nc6ccccc6o5)cc4)c4ccc5cc(-c6ccc7c(n6)sc6ncccc67)ccc5c4)cc3)nc2c1.